The topological polar surface area (TPSA) is 47.9 Å². The Hall–Kier alpha value is -0.520. The van der Waals surface area contributed by atoms with E-state index in [-0.39, 0.29) is 6.61 Å². The predicted octanol–water partition coefficient (Wildman–Crippen LogP) is 2.40. The van der Waals surface area contributed by atoms with E-state index in [0.29, 0.717) is 48.8 Å². The van der Waals surface area contributed by atoms with Crippen molar-refractivity contribution in [1.82, 2.24) is 0 Å². The Labute approximate surface area is 116 Å². The van der Waals surface area contributed by atoms with Gasteiger partial charge in [0.05, 0.1) is 38.1 Å². The number of benzene rings is 1. The van der Waals surface area contributed by atoms with Crippen LogP contribution in [0.25, 0.3) is 0 Å². The number of hydrogen-bond donors (Lipinski definition) is 1. The minimum absolute atomic E-state index is 0.0242. The fourth-order valence-corrected chi connectivity index (χ4v) is 1.54. The van der Waals surface area contributed by atoms with Crippen molar-refractivity contribution in [1.29, 1.82) is 0 Å². The molecule has 0 radical (unpaired) electrons. The molecule has 0 spiro atoms. The molecule has 0 heterocycles. The molecule has 6 heteroatoms. The second-order valence-corrected chi connectivity index (χ2v) is 4.13. The van der Waals surface area contributed by atoms with E-state index >= 15 is 0 Å². The van der Waals surface area contributed by atoms with E-state index in [1.807, 2.05) is 0 Å². The monoisotopic (exact) mass is 294 g/mol. The fraction of sp³-hybridized carbons (Fsp3) is 0.500. The van der Waals surface area contributed by atoms with Gasteiger partial charge in [-0.05, 0) is 12.1 Å². The zero-order chi connectivity index (χ0) is 13.2. The molecule has 0 saturated heterocycles. The van der Waals surface area contributed by atoms with Crippen LogP contribution in [-0.2, 0) is 9.47 Å². The summed E-state index contributed by atoms with van der Waals surface area (Å²) in [6.45, 7) is 2.10. The molecule has 0 amide bonds. The summed E-state index contributed by atoms with van der Waals surface area (Å²) in [6, 6.07) is 5.22. The summed E-state index contributed by atoms with van der Waals surface area (Å²) < 4.78 is 15.7. The average Bonchev–Trinajstić information content (AvgIpc) is 2.37. The van der Waals surface area contributed by atoms with Crippen LogP contribution in [-0.4, -0.2) is 44.7 Å². The molecule has 102 valence electrons. The molecule has 0 aliphatic rings. The summed E-state index contributed by atoms with van der Waals surface area (Å²) >= 11 is 11.8. The fourth-order valence-electron chi connectivity index (χ4n) is 1.19. The maximum Gasteiger partial charge on any atom is 0.139 e. The Bertz CT molecular complexity index is 347. The summed E-state index contributed by atoms with van der Waals surface area (Å²) in [5, 5.41) is 9.35. The minimum atomic E-state index is 0.0242. The molecule has 0 atom stereocenters. The Morgan fingerprint density at radius 2 is 1.61 bits per heavy atom. The quantitative estimate of drug-likeness (QED) is 0.711. The lowest BCUT2D eigenvalue weighted by molar-refractivity contribution is 0.0247. The standard InChI is InChI=1S/C12H16Cl2O4/c13-10-2-1-3-11(12(10)14)18-9-8-17-7-6-16-5-4-15/h1-3,15H,4-9H2. The van der Waals surface area contributed by atoms with Crippen LogP contribution >= 0.6 is 23.2 Å². The Kier molecular flexibility index (Phi) is 8.13. The third-order valence-corrected chi connectivity index (χ3v) is 2.81. The lowest BCUT2D eigenvalue weighted by atomic mass is 10.3. The molecule has 0 unspecified atom stereocenters. The van der Waals surface area contributed by atoms with E-state index in [0.717, 1.165) is 0 Å². The summed E-state index contributed by atoms with van der Waals surface area (Å²) in [5.74, 6) is 0.546. The van der Waals surface area contributed by atoms with Gasteiger partial charge in [-0.25, -0.2) is 0 Å². The van der Waals surface area contributed by atoms with E-state index in [1.165, 1.54) is 0 Å². The van der Waals surface area contributed by atoms with Gasteiger partial charge in [-0.2, -0.15) is 0 Å². The summed E-state index contributed by atoms with van der Waals surface area (Å²) in [7, 11) is 0. The smallest absolute Gasteiger partial charge is 0.139 e. The van der Waals surface area contributed by atoms with Crippen LogP contribution in [0.1, 0.15) is 0 Å². The molecule has 0 fully saturated rings. The Balaban J connectivity index is 2.09. The SMILES string of the molecule is OCCOCCOCCOc1cccc(Cl)c1Cl. The molecule has 0 aliphatic heterocycles. The highest BCUT2D eigenvalue weighted by atomic mass is 35.5. The number of aliphatic hydroxyl groups is 1. The molecule has 4 nitrogen and oxygen atoms in total. The van der Waals surface area contributed by atoms with Gasteiger partial charge in [0.15, 0.2) is 0 Å². The van der Waals surface area contributed by atoms with Crippen molar-refractivity contribution in [3.8, 4) is 5.75 Å². The molecular weight excluding hydrogens is 279 g/mol. The summed E-state index contributed by atoms with van der Waals surface area (Å²) in [4.78, 5) is 0. The van der Waals surface area contributed by atoms with Gasteiger partial charge < -0.3 is 19.3 Å². The summed E-state index contributed by atoms with van der Waals surface area (Å²) in [5.41, 5.74) is 0. The van der Waals surface area contributed by atoms with Gasteiger partial charge in [0.25, 0.3) is 0 Å². The first-order valence-electron chi connectivity index (χ1n) is 5.59. The first kappa shape index (κ1) is 15.5. The van der Waals surface area contributed by atoms with Crippen molar-refractivity contribution in [2.45, 2.75) is 0 Å². The third kappa shape index (κ3) is 5.89. The van der Waals surface area contributed by atoms with Crippen LogP contribution in [0.15, 0.2) is 18.2 Å². The van der Waals surface area contributed by atoms with Gasteiger partial charge in [0.1, 0.15) is 17.4 Å². The first-order chi connectivity index (χ1) is 8.75. The molecule has 1 aromatic carbocycles. The van der Waals surface area contributed by atoms with E-state index < -0.39 is 0 Å². The van der Waals surface area contributed by atoms with Crippen LogP contribution in [0, 0.1) is 0 Å². The molecular formula is C12H16Cl2O4. The van der Waals surface area contributed by atoms with Crippen LogP contribution in [0.5, 0.6) is 5.75 Å². The van der Waals surface area contributed by atoms with E-state index in [2.05, 4.69) is 0 Å². The molecule has 1 aromatic rings. The van der Waals surface area contributed by atoms with Crippen molar-refractivity contribution < 1.29 is 19.3 Å². The van der Waals surface area contributed by atoms with E-state index in [4.69, 9.17) is 42.5 Å². The van der Waals surface area contributed by atoms with Gasteiger partial charge in [0, 0.05) is 0 Å². The maximum absolute atomic E-state index is 8.47. The van der Waals surface area contributed by atoms with Crippen molar-refractivity contribution in [2.75, 3.05) is 39.6 Å². The summed E-state index contributed by atoms with van der Waals surface area (Å²) in [6.07, 6.45) is 0. The number of halogens is 2. The number of aliphatic hydroxyl groups excluding tert-OH is 1. The van der Waals surface area contributed by atoms with Gasteiger partial charge in [-0.15, -0.1) is 0 Å². The predicted molar refractivity (Wildman–Crippen MR) is 70.7 cm³/mol. The molecule has 1 N–H and O–H groups in total. The van der Waals surface area contributed by atoms with Crippen molar-refractivity contribution in [3.05, 3.63) is 28.2 Å². The minimum Gasteiger partial charge on any atom is -0.490 e. The largest absolute Gasteiger partial charge is 0.490 e. The van der Waals surface area contributed by atoms with E-state index in [1.54, 1.807) is 18.2 Å². The highest BCUT2D eigenvalue weighted by Gasteiger charge is 2.04. The van der Waals surface area contributed by atoms with Crippen molar-refractivity contribution in [2.24, 2.45) is 0 Å². The Morgan fingerprint density at radius 3 is 2.33 bits per heavy atom. The highest BCUT2D eigenvalue weighted by molar-refractivity contribution is 6.42. The average molecular weight is 295 g/mol. The zero-order valence-electron chi connectivity index (χ0n) is 9.90. The molecule has 18 heavy (non-hydrogen) atoms. The zero-order valence-corrected chi connectivity index (χ0v) is 11.4. The molecule has 0 aromatic heterocycles. The lowest BCUT2D eigenvalue weighted by Gasteiger charge is -2.09. The van der Waals surface area contributed by atoms with Crippen molar-refractivity contribution in [3.63, 3.8) is 0 Å². The second kappa shape index (κ2) is 9.42. The highest BCUT2D eigenvalue weighted by Crippen LogP contribution is 2.31. The number of rotatable bonds is 9. The molecule has 0 aliphatic carbocycles. The number of hydrogen-bond acceptors (Lipinski definition) is 4. The normalized spacial score (nSPS) is 10.6. The molecule has 1 rings (SSSR count). The van der Waals surface area contributed by atoms with Crippen LogP contribution in [0.3, 0.4) is 0 Å². The second-order valence-electron chi connectivity index (χ2n) is 3.35. The van der Waals surface area contributed by atoms with E-state index in [9.17, 15) is 0 Å². The van der Waals surface area contributed by atoms with Crippen LogP contribution in [0.4, 0.5) is 0 Å². The lowest BCUT2D eigenvalue weighted by Crippen LogP contribution is -2.12. The van der Waals surface area contributed by atoms with Crippen LogP contribution in [0.2, 0.25) is 10.0 Å². The first-order valence-corrected chi connectivity index (χ1v) is 6.34. The van der Waals surface area contributed by atoms with Crippen molar-refractivity contribution >= 4 is 23.2 Å². The molecule has 0 saturated carbocycles. The maximum atomic E-state index is 8.47. The molecule has 0 bridgehead atoms. The van der Waals surface area contributed by atoms with Gasteiger partial charge in [0.2, 0.25) is 0 Å². The Morgan fingerprint density at radius 1 is 0.944 bits per heavy atom. The third-order valence-electron chi connectivity index (χ3n) is 2.01. The number of ether oxygens (including phenoxy) is 3. The van der Waals surface area contributed by atoms with Crippen LogP contribution < -0.4 is 4.74 Å². The van der Waals surface area contributed by atoms with Gasteiger partial charge in [-0.3, -0.25) is 0 Å². The van der Waals surface area contributed by atoms with Gasteiger partial charge in [-0.1, -0.05) is 29.3 Å². The van der Waals surface area contributed by atoms with Gasteiger partial charge >= 0.3 is 0 Å².